The third-order valence-electron chi connectivity index (χ3n) is 4.23. The lowest BCUT2D eigenvalue weighted by Crippen LogP contribution is -2.09. The first kappa shape index (κ1) is 19.1. The van der Waals surface area contributed by atoms with Crippen LogP contribution in [-0.2, 0) is 16.1 Å². The van der Waals surface area contributed by atoms with Crippen LogP contribution in [0, 0.1) is 11.6 Å². The molecule has 0 radical (unpaired) electrons. The number of ether oxygens (including phenoxy) is 1. The second-order valence-electron chi connectivity index (χ2n) is 5.92. The van der Waals surface area contributed by atoms with Gasteiger partial charge >= 0.3 is 5.97 Å². The topological polar surface area (TPSA) is 88.8 Å². The van der Waals surface area contributed by atoms with Crippen LogP contribution in [-0.4, -0.2) is 33.6 Å². The molecular formula is C20H15F2NO5. The predicted octanol–water partition coefficient (Wildman–Crippen LogP) is 3.53. The van der Waals surface area contributed by atoms with E-state index in [2.05, 4.69) is 0 Å². The van der Waals surface area contributed by atoms with E-state index in [1.807, 2.05) is 0 Å². The van der Waals surface area contributed by atoms with Crippen molar-refractivity contribution in [1.82, 2.24) is 4.57 Å². The molecule has 0 fully saturated rings. The molecule has 0 saturated carbocycles. The molecule has 0 unspecified atom stereocenters. The summed E-state index contributed by atoms with van der Waals surface area (Å²) in [7, 11) is 1.40. The Bertz CT molecular complexity index is 1100. The van der Waals surface area contributed by atoms with Crippen LogP contribution in [0.25, 0.3) is 16.7 Å². The van der Waals surface area contributed by atoms with Crippen molar-refractivity contribution < 1.29 is 33.3 Å². The number of aromatic nitrogens is 1. The molecule has 0 aliphatic carbocycles. The molecule has 0 aliphatic rings. The summed E-state index contributed by atoms with van der Waals surface area (Å²) in [4.78, 5) is 22.2. The highest BCUT2D eigenvalue weighted by atomic mass is 19.1. The minimum absolute atomic E-state index is 0.0961. The van der Waals surface area contributed by atoms with Crippen LogP contribution in [0.2, 0.25) is 0 Å². The lowest BCUT2D eigenvalue weighted by molar-refractivity contribution is -0.146. The van der Waals surface area contributed by atoms with Crippen molar-refractivity contribution in [2.75, 3.05) is 7.11 Å². The summed E-state index contributed by atoms with van der Waals surface area (Å²) in [6.45, 7) is -0.192. The second kappa shape index (κ2) is 7.51. The molecule has 0 amide bonds. The SMILES string of the molecule is COc1cccc2c1c(C(O)=CC(=O)C(=O)O)cn2Cc1c(F)cccc1F. The average Bonchev–Trinajstić information content (AvgIpc) is 3.03. The van der Waals surface area contributed by atoms with E-state index in [9.17, 15) is 23.5 Å². The summed E-state index contributed by atoms with van der Waals surface area (Å²) >= 11 is 0. The van der Waals surface area contributed by atoms with Crippen LogP contribution in [0.3, 0.4) is 0 Å². The van der Waals surface area contributed by atoms with Gasteiger partial charge in [-0.3, -0.25) is 4.79 Å². The summed E-state index contributed by atoms with van der Waals surface area (Å²) in [5.41, 5.74) is 0.386. The number of hydrogen-bond donors (Lipinski definition) is 2. The highest BCUT2D eigenvalue weighted by molar-refractivity contribution is 6.38. The minimum atomic E-state index is -1.73. The predicted molar refractivity (Wildman–Crippen MR) is 97.2 cm³/mol. The highest BCUT2D eigenvalue weighted by Gasteiger charge is 2.20. The Morgan fingerprint density at radius 2 is 1.75 bits per heavy atom. The molecule has 0 aliphatic heterocycles. The van der Waals surface area contributed by atoms with Gasteiger partial charge in [0.2, 0.25) is 0 Å². The van der Waals surface area contributed by atoms with E-state index in [1.165, 1.54) is 23.9 Å². The maximum absolute atomic E-state index is 14.1. The number of aliphatic hydroxyl groups excluding tert-OH is 1. The maximum Gasteiger partial charge on any atom is 0.376 e. The molecule has 144 valence electrons. The lowest BCUT2D eigenvalue weighted by atomic mass is 10.1. The number of ketones is 1. The van der Waals surface area contributed by atoms with Crippen molar-refractivity contribution in [3.63, 3.8) is 0 Å². The zero-order chi connectivity index (χ0) is 20.4. The van der Waals surface area contributed by atoms with Crippen molar-refractivity contribution in [2.45, 2.75) is 6.54 Å². The molecular weight excluding hydrogens is 372 g/mol. The van der Waals surface area contributed by atoms with Crippen molar-refractivity contribution in [2.24, 2.45) is 0 Å². The number of carboxylic acid groups (broad SMARTS) is 1. The van der Waals surface area contributed by atoms with Crippen LogP contribution >= 0.6 is 0 Å². The van der Waals surface area contributed by atoms with Crippen molar-refractivity contribution >= 4 is 28.4 Å². The van der Waals surface area contributed by atoms with Crippen molar-refractivity contribution in [3.05, 3.63) is 71.4 Å². The first-order chi connectivity index (χ1) is 13.3. The Morgan fingerprint density at radius 1 is 1.11 bits per heavy atom. The molecule has 3 aromatic rings. The number of methoxy groups -OCH3 is 1. The maximum atomic E-state index is 14.1. The highest BCUT2D eigenvalue weighted by Crippen LogP contribution is 2.34. The molecule has 2 aromatic carbocycles. The quantitative estimate of drug-likeness (QED) is 0.384. The standard InChI is InChI=1S/C20H15F2NO5/c1-28-18-7-3-6-15-19(18)12(16(24)8-17(25)20(26)27)10-23(15)9-11-13(21)4-2-5-14(11)22/h2-8,10,24H,9H2,1H3,(H,26,27). The number of nitrogens with zero attached hydrogens (tertiary/aromatic N) is 1. The first-order valence-corrected chi connectivity index (χ1v) is 8.10. The van der Waals surface area contributed by atoms with Gasteiger partial charge in [-0.1, -0.05) is 12.1 Å². The molecule has 0 spiro atoms. The molecule has 0 atom stereocenters. The Labute approximate surface area is 157 Å². The van der Waals surface area contributed by atoms with Gasteiger partial charge in [0.05, 0.1) is 24.6 Å². The molecule has 3 rings (SSSR count). The number of benzene rings is 2. The Morgan fingerprint density at radius 3 is 2.36 bits per heavy atom. The monoisotopic (exact) mass is 387 g/mol. The number of halogens is 2. The van der Waals surface area contributed by atoms with E-state index < -0.39 is 29.1 Å². The molecule has 0 bridgehead atoms. The average molecular weight is 387 g/mol. The largest absolute Gasteiger partial charge is 0.507 e. The fourth-order valence-electron chi connectivity index (χ4n) is 2.93. The van der Waals surface area contributed by atoms with Crippen LogP contribution in [0.5, 0.6) is 5.75 Å². The Balaban J connectivity index is 2.20. The van der Waals surface area contributed by atoms with Gasteiger partial charge in [0.25, 0.3) is 5.78 Å². The van der Waals surface area contributed by atoms with E-state index in [4.69, 9.17) is 9.84 Å². The van der Waals surface area contributed by atoms with Crippen LogP contribution in [0.4, 0.5) is 8.78 Å². The molecule has 8 heteroatoms. The van der Waals surface area contributed by atoms with Crippen LogP contribution in [0.1, 0.15) is 11.1 Å². The van der Waals surface area contributed by atoms with Gasteiger partial charge in [-0.25, -0.2) is 13.6 Å². The third-order valence-corrected chi connectivity index (χ3v) is 4.23. The molecule has 6 nitrogen and oxygen atoms in total. The van der Waals surface area contributed by atoms with E-state index in [0.717, 1.165) is 12.1 Å². The molecule has 1 aromatic heterocycles. The number of aliphatic carboxylic acids is 1. The summed E-state index contributed by atoms with van der Waals surface area (Å²) in [5, 5.41) is 19.4. The Kier molecular flexibility index (Phi) is 5.12. The Hall–Kier alpha value is -3.68. The number of carbonyl (C=O) groups is 2. The van der Waals surface area contributed by atoms with Gasteiger partial charge in [0.15, 0.2) is 0 Å². The van der Waals surface area contributed by atoms with E-state index in [0.29, 0.717) is 22.7 Å². The summed E-state index contributed by atoms with van der Waals surface area (Å²) in [5.74, 6) is -4.76. The van der Waals surface area contributed by atoms with Crippen LogP contribution < -0.4 is 4.74 Å². The number of fused-ring (bicyclic) bond motifs is 1. The van der Waals surface area contributed by atoms with E-state index in [-0.39, 0.29) is 17.7 Å². The molecule has 28 heavy (non-hydrogen) atoms. The molecule has 1 heterocycles. The second-order valence-corrected chi connectivity index (χ2v) is 5.92. The third kappa shape index (κ3) is 3.44. The smallest absolute Gasteiger partial charge is 0.376 e. The van der Waals surface area contributed by atoms with E-state index >= 15 is 0 Å². The number of carbonyl (C=O) groups excluding carboxylic acids is 1. The molecule has 2 N–H and O–H groups in total. The number of aliphatic hydroxyl groups is 1. The van der Waals surface area contributed by atoms with Gasteiger partial charge in [0, 0.05) is 23.4 Å². The normalized spacial score (nSPS) is 11.6. The lowest BCUT2D eigenvalue weighted by Gasteiger charge is -2.08. The van der Waals surface area contributed by atoms with Gasteiger partial charge in [-0.2, -0.15) is 0 Å². The van der Waals surface area contributed by atoms with Gasteiger partial charge in [0.1, 0.15) is 23.1 Å². The number of hydrogen-bond acceptors (Lipinski definition) is 4. The minimum Gasteiger partial charge on any atom is -0.507 e. The van der Waals surface area contributed by atoms with Gasteiger partial charge in [-0.15, -0.1) is 0 Å². The molecule has 0 saturated heterocycles. The summed E-state index contributed by atoms with van der Waals surface area (Å²) in [6.07, 6.45) is 1.94. The van der Waals surface area contributed by atoms with E-state index in [1.54, 1.807) is 18.2 Å². The zero-order valence-electron chi connectivity index (χ0n) is 14.6. The fourth-order valence-corrected chi connectivity index (χ4v) is 2.93. The van der Waals surface area contributed by atoms with Crippen molar-refractivity contribution in [3.8, 4) is 5.75 Å². The van der Waals surface area contributed by atoms with Crippen molar-refractivity contribution in [1.29, 1.82) is 0 Å². The van der Waals surface area contributed by atoms with Gasteiger partial charge < -0.3 is 19.5 Å². The zero-order valence-corrected chi connectivity index (χ0v) is 14.6. The number of carboxylic acids is 1. The summed E-state index contributed by atoms with van der Waals surface area (Å²) < 4.78 is 34.9. The number of rotatable bonds is 6. The van der Waals surface area contributed by atoms with Gasteiger partial charge in [-0.05, 0) is 24.3 Å². The summed E-state index contributed by atoms with van der Waals surface area (Å²) in [6, 6.07) is 8.42. The fraction of sp³-hybridized carbons (Fsp3) is 0.100. The first-order valence-electron chi connectivity index (χ1n) is 8.10. The van der Waals surface area contributed by atoms with Crippen LogP contribution in [0.15, 0.2) is 48.7 Å².